The first kappa shape index (κ1) is 12.6. The van der Waals surface area contributed by atoms with Crippen LogP contribution in [0.2, 0.25) is 0 Å². The maximum absolute atomic E-state index is 10.7. The van der Waals surface area contributed by atoms with Crippen molar-refractivity contribution in [2.45, 2.75) is 13.3 Å². The number of hydrogen-bond acceptors (Lipinski definition) is 4. The van der Waals surface area contributed by atoms with Crippen LogP contribution in [0.25, 0.3) is 10.6 Å². The second-order valence-electron chi connectivity index (χ2n) is 3.80. The molecule has 0 saturated heterocycles. The largest absolute Gasteiger partial charge is 0.496 e. The van der Waals surface area contributed by atoms with Crippen molar-refractivity contribution >= 4 is 17.3 Å². The van der Waals surface area contributed by atoms with Gasteiger partial charge in [0.25, 0.3) is 0 Å². The lowest BCUT2D eigenvalue weighted by Crippen LogP contribution is -1.99. The number of nitrogens with zero attached hydrogens (tertiary/aromatic N) is 1. The van der Waals surface area contributed by atoms with E-state index in [1.807, 2.05) is 31.2 Å². The molecule has 94 valence electrons. The number of aliphatic carboxylic acids is 1. The van der Waals surface area contributed by atoms with Crippen molar-refractivity contribution in [2.75, 3.05) is 7.11 Å². The second-order valence-corrected chi connectivity index (χ2v) is 4.88. The number of rotatable bonds is 4. The van der Waals surface area contributed by atoms with Gasteiger partial charge in [-0.1, -0.05) is 12.1 Å². The number of thiazole rings is 1. The van der Waals surface area contributed by atoms with Gasteiger partial charge in [-0.3, -0.25) is 4.79 Å². The Morgan fingerprint density at radius 1 is 1.44 bits per heavy atom. The second kappa shape index (κ2) is 5.18. The van der Waals surface area contributed by atoms with Gasteiger partial charge in [-0.15, -0.1) is 11.3 Å². The zero-order chi connectivity index (χ0) is 13.1. The minimum Gasteiger partial charge on any atom is -0.496 e. The summed E-state index contributed by atoms with van der Waals surface area (Å²) in [6.45, 7) is 1.83. The quantitative estimate of drug-likeness (QED) is 0.921. The molecule has 2 aromatic rings. The monoisotopic (exact) mass is 263 g/mol. The molecular formula is C13H13NO3S. The number of methoxy groups -OCH3 is 1. The Kier molecular flexibility index (Phi) is 3.62. The van der Waals surface area contributed by atoms with Crippen LogP contribution in [0.1, 0.15) is 10.6 Å². The van der Waals surface area contributed by atoms with Crippen LogP contribution >= 0.6 is 11.3 Å². The Labute approximate surface area is 109 Å². The molecule has 0 saturated carbocycles. The molecule has 0 unspecified atom stereocenters. The third-order valence-electron chi connectivity index (χ3n) is 2.54. The maximum atomic E-state index is 10.7. The highest BCUT2D eigenvalue weighted by atomic mass is 32.1. The van der Waals surface area contributed by atoms with Crippen molar-refractivity contribution in [1.82, 2.24) is 4.98 Å². The van der Waals surface area contributed by atoms with E-state index in [-0.39, 0.29) is 6.42 Å². The molecule has 0 aliphatic rings. The molecule has 0 atom stereocenters. The van der Waals surface area contributed by atoms with Crippen LogP contribution in [-0.4, -0.2) is 23.2 Å². The molecule has 4 nitrogen and oxygen atoms in total. The van der Waals surface area contributed by atoms with Gasteiger partial charge in [0.15, 0.2) is 0 Å². The highest BCUT2D eigenvalue weighted by molar-refractivity contribution is 7.15. The number of benzene rings is 1. The molecule has 18 heavy (non-hydrogen) atoms. The van der Waals surface area contributed by atoms with Gasteiger partial charge in [-0.2, -0.15) is 0 Å². The molecule has 0 radical (unpaired) electrons. The van der Waals surface area contributed by atoms with Gasteiger partial charge in [-0.25, -0.2) is 4.98 Å². The first-order valence-electron chi connectivity index (χ1n) is 5.43. The average Bonchev–Trinajstić information content (AvgIpc) is 2.70. The molecule has 0 aliphatic carbocycles. The Balaban J connectivity index is 2.42. The lowest BCUT2D eigenvalue weighted by Gasteiger charge is -2.04. The molecule has 1 aromatic carbocycles. The van der Waals surface area contributed by atoms with Crippen LogP contribution in [0.5, 0.6) is 5.75 Å². The van der Waals surface area contributed by atoms with Gasteiger partial charge < -0.3 is 9.84 Å². The minimum absolute atomic E-state index is 0.0125. The van der Waals surface area contributed by atoms with Gasteiger partial charge in [0.05, 0.1) is 24.8 Å². The fourth-order valence-electron chi connectivity index (χ4n) is 1.67. The molecule has 1 N–H and O–H groups in total. The van der Waals surface area contributed by atoms with Crippen LogP contribution in [0.3, 0.4) is 0 Å². The van der Waals surface area contributed by atoms with Gasteiger partial charge in [-0.05, 0) is 19.1 Å². The molecular weight excluding hydrogens is 250 g/mol. The van der Waals surface area contributed by atoms with E-state index in [0.29, 0.717) is 0 Å². The van der Waals surface area contributed by atoms with Crippen molar-refractivity contribution in [3.63, 3.8) is 0 Å². The summed E-state index contributed by atoms with van der Waals surface area (Å²) in [7, 11) is 1.61. The fourth-order valence-corrected chi connectivity index (χ4v) is 2.75. The smallest absolute Gasteiger partial charge is 0.308 e. The van der Waals surface area contributed by atoms with E-state index in [4.69, 9.17) is 9.84 Å². The third kappa shape index (κ3) is 2.51. The van der Waals surface area contributed by atoms with E-state index in [1.54, 1.807) is 7.11 Å². The molecule has 0 amide bonds. The van der Waals surface area contributed by atoms with Crippen molar-refractivity contribution < 1.29 is 14.6 Å². The van der Waals surface area contributed by atoms with Crippen LogP contribution in [0, 0.1) is 6.92 Å². The van der Waals surface area contributed by atoms with Gasteiger partial charge in [0, 0.05) is 4.88 Å². The Morgan fingerprint density at radius 2 is 2.17 bits per heavy atom. The van der Waals surface area contributed by atoms with Crippen LogP contribution < -0.4 is 4.74 Å². The molecule has 0 bridgehead atoms. The number of aryl methyl sites for hydroxylation is 1. The zero-order valence-corrected chi connectivity index (χ0v) is 11.0. The SMILES string of the molecule is COc1ccccc1-c1nc(C)c(CC(=O)O)s1. The number of ether oxygens (including phenoxy) is 1. The normalized spacial score (nSPS) is 10.3. The number of carboxylic acid groups (broad SMARTS) is 1. The van der Waals surface area contributed by atoms with Crippen LogP contribution in [-0.2, 0) is 11.2 Å². The number of carbonyl (C=O) groups is 1. The molecule has 0 aliphatic heterocycles. The highest BCUT2D eigenvalue weighted by Crippen LogP contribution is 2.34. The standard InChI is InChI=1S/C13H13NO3S/c1-8-11(7-12(15)16)18-13(14-8)9-5-3-4-6-10(9)17-2/h3-6H,7H2,1-2H3,(H,15,16). The van der Waals surface area contributed by atoms with E-state index in [2.05, 4.69) is 4.98 Å². The van der Waals surface area contributed by atoms with E-state index in [0.717, 1.165) is 26.9 Å². The number of para-hydroxylation sites is 1. The Bertz CT molecular complexity index is 577. The summed E-state index contributed by atoms with van der Waals surface area (Å²) in [6.07, 6.45) is 0.0125. The molecule has 1 aromatic heterocycles. The Hall–Kier alpha value is -1.88. The summed E-state index contributed by atoms with van der Waals surface area (Å²) in [5, 5.41) is 9.62. The molecule has 1 heterocycles. The topological polar surface area (TPSA) is 59.4 Å². The van der Waals surface area contributed by atoms with Gasteiger partial charge in [0.2, 0.25) is 0 Å². The van der Waals surface area contributed by atoms with Crippen molar-refractivity contribution in [1.29, 1.82) is 0 Å². The lowest BCUT2D eigenvalue weighted by atomic mass is 10.2. The summed E-state index contributed by atoms with van der Waals surface area (Å²) in [5.41, 5.74) is 1.66. The summed E-state index contributed by atoms with van der Waals surface area (Å²) in [5.74, 6) is -0.0959. The number of aromatic nitrogens is 1. The van der Waals surface area contributed by atoms with Gasteiger partial charge >= 0.3 is 5.97 Å². The average molecular weight is 263 g/mol. The first-order chi connectivity index (χ1) is 8.61. The summed E-state index contributed by atoms with van der Waals surface area (Å²) >= 11 is 1.40. The zero-order valence-electron chi connectivity index (χ0n) is 10.1. The maximum Gasteiger partial charge on any atom is 0.308 e. The van der Waals surface area contributed by atoms with E-state index in [1.165, 1.54) is 11.3 Å². The van der Waals surface area contributed by atoms with Crippen molar-refractivity contribution in [2.24, 2.45) is 0 Å². The Morgan fingerprint density at radius 3 is 2.83 bits per heavy atom. The van der Waals surface area contributed by atoms with Crippen molar-refractivity contribution in [3.05, 3.63) is 34.8 Å². The number of carboxylic acids is 1. The third-order valence-corrected chi connectivity index (χ3v) is 3.73. The lowest BCUT2D eigenvalue weighted by molar-refractivity contribution is -0.136. The van der Waals surface area contributed by atoms with Gasteiger partial charge in [0.1, 0.15) is 10.8 Å². The molecule has 0 spiro atoms. The minimum atomic E-state index is -0.840. The molecule has 0 fully saturated rings. The van der Waals surface area contributed by atoms with Crippen LogP contribution in [0.4, 0.5) is 0 Å². The van der Waals surface area contributed by atoms with Crippen LogP contribution in [0.15, 0.2) is 24.3 Å². The summed E-state index contributed by atoms with van der Waals surface area (Å²) in [6, 6.07) is 7.58. The predicted octanol–water partition coefficient (Wildman–Crippen LogP) is 2.75. The number of hydrogen-bond donors (Lipinski definition) is 1. The summed E-state index contributed by atoms with van der Waals surface area (Å²) < 4.78 is 5.28. The first-order valence-corrected chi connectivity index (χ1v) is 6.25. The fraction of sp³-hybridized carbons (Fsp3) is 0.231. The van der Waals surface area contributed by atoms with Crippen molar-refractivity contribution in [3.8, 4) is 16.3 Å². The van der Waals surface area contributed by atoms with E-state index < -0.39 is 5.97 Å². The van der Waals surface area contributed by atoms with E-state index >= 15 is 0 Å². The predicted molar refractivity (Wildman–Crippen MR) is 70.2 cm³/mol. The summed E-state index contributed by atoms with van der Waals surface area (Å²) in [4.78, 5) is 15.9. The molecule has 2 rings (SSSR count). The highest BCUT2D eigenvalue weighted by Gasteiger charge is 2.14. The van der Waals surface area contributed by atoms with E-state index in [9.17, 15) is 4.79 Å². The molecule has 5 heteroatoms.